The van der Waals surface area contributed by atoms with Crippen molar-refractivity contribution in [3.05, 3.63) is 93.9 Å². The first-order valence-corrected chi connectivity index (χ1v) is 24.2. The number of rotatable bonds is 15. The molecule has 8 rings (SSSR count). The smallest absolute Gasteiger partial charge is 0.352 e. The summed E-state index contributed by atoms with van der Waals surface area (Å²) in [6.45, 7) is 18.4. The van der Waals surface area contributed by atoms with E-state index >= 15 is 0 Å². The highest BCUT2D eigenvalue weighted by Crippen LogP contribution is 2.47. The molecule has 2 aromatic carbocycles. The maximum Gasteiger partial charge on any atom is 0.352 e. The molecule has 0 unspecified atom stereocenters. The Bertz CT molecular complexity index is 2590. The topological polar surface area (TPSA) is 133 Å². The molecule has 14 heteroatoms. The number of aromatic carboxylic acids is 1. The van der Waals surface area contributed by atoms with E-state index in [2.05, 4.69) is 40.4 Å². The quantitative estimate of drug-likeness (QED) is 0.104. The van der Waals surface area contributed by atoms with E-state index in [0.29, 0.717) is 61.4 Å². The molecule has 0 spiro atoms. The molecule has 0 radical (unpaired) electrons. The van der Waals surface area contributed by atoms with Gasteiger partial charge in [0.05, 0.1) is 37.8 Å². The summed E-state index contributed by atoms with van der Waals surface area (Å²) in [7, 11) is 3.30. The first-order valence-electron chi connectivity index (χ1n) is 22.4. The third-order valence-corrected chi connectivity index (χ3v) is 12.8. The zero-order valence-corrected chi connectivity index (χ0v) is 40.8. The third kappa shape index (κ3) is 10.6. The zero-order valence-electron chi connectivity index (χ0n) is 39.2. The van der Waals surface area contributed by atoms with E-state index in [4.69, 9.17) is 18.9 Å². The number of aromatic nitrogens is 2. The number of methoxy groups -OCH3 is 2. The Hall–Kier alpha value is -5.99. The number of carbonyl (C=O) groups excluding carboxylic acids is 2. The van der Waals surface area contributed by atoms with Gasteiger partial charge < -0.3 is 43.4 Å². The second kappa shape index (κ2) is 21.8. The van der Waals surface area contributed by atoms with E-state index in [0.717, 1.165) is 74.0 Å². The second-order valence-electron chi connectivity index (χ2n) is 16.1. The molecule has 2 N–H and O–H groups in total. The zero-order chi connectivity index (χ0) is 46.9. The van der Waals surface area contributed by atoms with Crippen LogP contribution in [0.25, 0.3) is 43.4 Å². The highest BCUT2D eigenvalue weighted by atomic mass is 32.1. The molecule has 6 heterocycles. The molecule has 2 amide bonds. The molecular formula is C51H62N4O8S2. The van der Waals surface area contributed by atoms with Crippen molar-refractivity contribution in [1.82, 2.24) is 19.4 Å². The minimum Gasteiger partial charge on any atom is -0.493 e. The maximum atomic E-state index is 13.8. The van der Waals surface area contributed by atoms with Crippen molar-refractivity contribution in [2.45, 2.75) is 99.9 Å². The Labute approximate surface area is 390 Å². The van der Waals surface area contributed by atoms with Gasteiger partial charge >= 0.3 is 5.97 Å². The number of carbonyl (C=O) groups is 3. The lowest BCUT2D eigenvalue weighted by Gasteiger charge is -2.27. The van der Waals surface area contributed by atoms with Crippen molar-refractivity contribution >= 4 is 40.5 Å². The van der Waals surface area contributed by atoms with Crippen LogP contribution in [0, 0.1) is 0 Å². The first kappa shape index (κ1) is 48.5. The predicted molar refractivity (Wildman–Crippen MR) is 262 cm³/mol. The number of ether oxygens (including phenoxy) is 4. The molecule has 346 valence electrons. The van der Waals surface area contributed by atoms with Crippen molar-refractivity contribution in [3.63, 3.8) is 0 Å². The molecule has 0 saturated heterocycles. The lowest BCUT2D eigenvalue weighted by molar-refractivity contribution is -0.119. The largest absolute Gasteiger partial charge is 0.493 e. The van der Waals surface area contributed by atoms with Crippen LogP contribution in [-0.4, -0.2) is 83.0 Å². The van der Waals surface area contributed by atoms with Crippen LogP contribution >= 0.6 is 22.7 Å². The Balaban J connectivity index is 0.000000215. The number of nitrogens with zero attached hydrogens (tertiary/aromatic N) is 3. The molecule has 2 aliphatic rings. The Morgan fingerprint density at radius 2 is 1.18 bits per heavy atom. The van der Waals surface area contributed by atoms with E-state index in [1.54, 1.807) is 43.0 Å². The van der Waals surface area contributed by atoms with E-state index in [1.807, 2.05) is 92.8 Å². The van der Waals surface area contributed by atoms with Crippen molar-refractivity contribution < 1.29 is 38.4 Å². The molecule has 0 atom stereocenters. The van der Waals surface area contributed by atoms with Gasteiger partial charge in [0.1, 0.15) is 11.4 Å². The monoisotopic (exact) mass is 922 g/mol. The average molecular weight is 923 g/mol. The Morgan fingerprint density at radius 1 is 0.708 bits per heavy atom. The normalized spacial score (nSPS) is 12.1. The summed E-state index contributed by atoms with van der Waals surface area (Å²) in [6, 6.07) is 20.1. The fourth-order valence-electron chi connectivity index (χ4n) is 8.38. The van der Waals surface area contributed by atoms with Gasteiger partial charge in [0.15, 0.2) is 23.0 Å². The summed E-state index contributed by atoms with van der Waals surface area (Å²) in [4.78, 5) is 41.0. The molecule has 0 fully saturated rings. The summed E-state index contributed by atoms with van der Waals surface area (Å²) < 4.78 is 27.3. The highest BCUT2D eigenvalue weighted by Gasteiger charge is 2.31. The number of nitrogens with one attached hydrogen (secondary N) is 1. The van der Waals surface area contributed by atoms with Crippen LogP contribution in [0.2, 0.25) is 0 Å². The van der Waals surface area contributed by atoms with Crippen molar-refractivity contribution in [1.29, 1.82) is 0 Å². The molecule has 6 aromatic rings. The number of thiophene rings is 2. The minimum absolute atomic E-state index is 0.00689. The number of fused-ring (bicyclic) bond motifs is 6. The van der Waals surface area contributed by atoms with Crippen LogP contribution in [0.3, 0.4) is 0 Å². The van der Waals surface area contributed by atoms with Gasteiger partial charge in [-0.15, -0.1) is 22.7 Å². The lowest BCUT2D eigenvalue weighted by Crippen LogP contribution is -2.39. The Kier molecular flexibility index (Phi) is 16.3. The van der Waals surface area contributed by atoms with Crippen molar-refractivity contribution in [2.75, 3.05) is 33.9 Å². The summed E-state index contributed by atoms with van der Waals surface area (Å²) in [5.41, 5.74) is 9.37. The Morgan fingerprint density at radius 3 is 1.58 bits per heavy atom. The van der Waals surface area contributed by atoms with Crippen LogP contribution in [0.1, 0.15) is 93.9 Å². The highest BCUT2D eigenvalue weighted by molar-refractivity contribution is 7.13. The first-order chi connectivity index (χ1) is 31.3. The molecule has 65 heavy (non-hydrogen) atoms. The molecule has 0 saturated carbocycles. The summed E-state index contributed by atoms with van der Waals surface area (Å²) >= 11 is 3.27. The minimum atomic E-state index is -0.908. The van der Waals surface area contributed by atoms with Gasteiger partial charge in [0.2, 0.25) is 5.91 Å². The second-order valence-corrected chi connectivity index (χ2v) is 18.0. The summed E-state index contributed by atoms with van der Waals surface area (Å²) in [5, 5.41) is 16.6. The molecule has 12 nitrogen and oxygen atoms in total. The van der Waals surface area contributed by atoms with Gasteiger partial charge in [-0.05, 0) is 117 Å². The number of hydrogen-bond acceptors (Lipinski definition) is 9. The molecular weight excluding hydrogens is 861 g/mol. The standard InChI is InChI=1S/C28H35N3O4S.C21H21NO4S.C2H6/c1-6-11-30(13-10-29-19(4)32)28(33)23-16-22(26-8-7-14-36-26)27-21-17-25(35-18(2)3)24(34-5)15-20(21)9-12-31(23)27;1-12(2)26-18-11-14-13(9-17(18)25-3)6-7-22-16(21(23)24)10-15(20(14)22)19-5-4-8-27-19;1-2/h7-8,14-18H,6,9-13H2,1-5H3,(H,29,32);4-5,8-12H,6-7H2,1-3H3,(H,23,24);1-2H3. The summed E-state index contributed by atoms with van der Waals surface area (Å²) in [5.74, 6) is 1.80. The third-order valence-electron chi connectivity index (χ3n) is 11.0. The van der Waals surface area contributed by atoms with Crippen molar-refractivity contribution in [3.8, 4) is 66.4 Å². The van der Waals surface area contributed by atoms with Crippen LogP contribution in [0.4, 0.5) is 0 Å². The van der Waals surface area contributed by atoms with Gasteiger partial charge in [-0.1, -0.05) is 32.9 Å². The number of amides is 2. The van der Waals surface area contributed by atoms with Crippen LogP contribution in [0.15, 0.2) is 71.4 Å². The fraction of sp³-hybridized carbons (Fsp3) is 0.392. The van der Waals surface area contributed by atoms with E-state index in [1.165, 1.54) is 12.5 Å². The van der Waals surface area contributed by atoms with Gasteiger partial charge in [0, 0.05) is 71.7 Å². The number of benzene rings is 2. The van der Waals surface area contributed by atoms with Gasteiger partial charge in [0.25, 0.3) is 5.91 Å². The van der Waals surface area contributed by atoms with E-state index < -0.39 is 5.97 Å². The maximum absolute atomic E-state index is 13.8. The van der Waals surface area contributed by atoms with Crippen LogP contribution in [-0.2, 0) is 30.7 Å². The van der Waals surface area contributed by atoms with Gasteiger partial charge in [-0.3, -0.25) is 9.59 Å². The summed E-state index contributed by atoms with van der Waals surface area (Å²) in [6.07, 6.45) is 2.40. The van der Waals surface area contributed by atoms with E-state index in [9.17, 15) is 19.5 Å². The van der Waals surface area contributed by atoms with E-state index in [-0.39, 0.29) is 24.0 Å². The van der Waals surface area contributed by atoms with Gasteiger partial charge in [-0.2, -0.15) is 0 Å². The SMILES string of the molecule is CC.CCCN(CCNC(C)=O)C(=O)c1cc(-c2cccs2)c2n1CCc1cc(OC)c(OC(C)C)cc1-2.COc1cc2c(cc1OC(C)C)-c1c(-c3cccs3)cc(C(=O)O)n1CC2. The lowest BCUT2D eigenvalue weighted by atomic mass is 9.95. The number of carboxylic acid groups (broad SMARTS) is 1. The molecule has 2 aliphatic heterocycles. The molecule has 0 bridgehead atoms. The van der Waals surface area contributed by atoms with Crippen molar-refractivity contribution in [2.24, 2.45) is 0 Å². The number of carboxylic acids is 1. The molecule has 4 aromatic heterocycles. The molecule has 0 aliphatic carbocycles. The number of hydrogen-bond donors (Lipinski definition) is 2. The number of aryl methyl sites for hydroxylation is 2. The average Bonchev–Trinajstić information content (AvgIpc) is 4.12. The fourth-order valence-corrected chi connectivity index (χ4v) is 9.87. The van der Waals surface area contributed by atoms with Gasteiger partial charge in [-0.25, -0.2) is 4.79 Å². The predicted octanol–water partition coefficient (Wildman–Crippen LogP) is 11.2. The van der Waals surface area contributed by atoms with Crippen LogP contribution < -0.4 is 24.3 Å². The van der Waals surface area contributed by atoms with Crippen LogP contribution in [0.5, 0.6) is 23.0 Å².